The monoisotopic (exact) mass is 168 g/mol. The lowest BCUT2D eigenvalue weighted by Gasteiger charge is -2.42. The number of rotatable bonds is 0. The van der Waals surface area contributed by atoms with Gasteiger partial charge in [-0.2, -0.15) is 0 Å². The van der Waals surface area contributed by atoms with Crippen molar-refractivity contribution in [3.63, 3.8) is 0 Å². The summed E-state index contributed by atoms with van der Waals surface area (Å²) < 4.78 is 0. The molecule has 70 valence electrons. The van der Waals surface area contributed by atoms with Crippen molar-refractivity contribution < 1.29 is 0 Å². The largest absolute Gasteiger partial charge is 0.301 e. The summed E-state index contributed by atoms with van der Waals surface area (Å²) >= 11 is 0. The Bertz CT molecular complexity index is 169. The van der Waals surface area contributed by atoms with E-state index in [1.165, 1.54) is 25.9 Å². The molecule has 0 aliphatic carbocycles. The fourth-order valence-electron chi connectivity index (χ4n) is 2.75. The molecule has 2 heteroatoms. The second-order valence-electron chi connectivity index (χ2n) is 4.45. The van der Waals surface area contributed by atoms with Crippen LogP contribution in [0.25, 0.3) is 0 Å². The van der Waals surface area contributed by atoms with E-state index in [2.05, 4.69) is 30.7 Å². The Morgan fingerprint density at radius 1 is 1.08 bits per heavy atom. The smallest absolute Gasteiger partial charge is 0.0252 e. The Kier molecular flexibility index (Phi) is 2.13. The van der Waals surface area contributed by atoms with E-state index in [0.29, 0.717) is 0 Å². The van der Waals surface area contributed by atoms with Crippen molar-refractivity contribution in [3.05, 3.63) is 0 Å². The van der Waals surface area contributed by atoms with Crippen LogP contribution < -0.4 is 0 Å². The van der Waals surface area contributed by atoms with Crippen LogP contribution in [0.1, 0.15) is 26.7 Å². The highest BCUT2D eigenvalue weighted by Crippen LogP contribution is 2.30. The first-order chi connectivity index (χ1) is 5.70. The summed E-state index contributed by atoms with van der Waals surface area (Å²) in [6.45, 7) is 7.28. The van der Waals surface area contributed by atoms with Crippen molar-refractivity contribution in [1.29, 1.82) is 0 Å². The predicted octanol–water partition coefficient (Wildman–Crippen LogP) is 1.17. The quantitative estimate of drug-likeness (QED) is 0.536. The molecule has 0 N–H and O–H groups in total. The lowest BCUT2D eigenvalue weighted by atomic mass is 10.0. The third-order valence-electron chi connectivity index (χ3n) is 3.84. The molecule has 12 heavy (non-hydrogen) atoms. The second kappa shape index (κ2) is 3.00. The highest BCUT2D eigenvalue weighted by Gasteiger charge is 2.38. The summed E-state index contributed by atoms with van der Waals surface area (Å²) in [6, 6.07) is 2.45. The van der Waals surface area contributed by atoms with Gasteiger partial charge in [0.2, 0.25) is 0 Å². The van der Waals surface area contributed by atoms with E-state index >= 15 is 0 Å². The van der Waals surface area contributed by atoms with Gasteiger partial charge in [0.25, 0.3) is 0 Å². The minimum Gasteiger partial charge on any atom is -0.301 e. The molecule has 2 nitrogen and oxygen atoms in total. The first-order valence-corrected chi connectivity index (χ1v) is 5.16. The topological polar surface area (TPSA) is 6.48 Å². The predicted molar refractivity (Wildman–Crippen MR) is 51.3 cm³/mol. The van der Waals surface area contributed by atoms with E-state index in [1.807, 2.05) is 0 Å². The first-order valence-electron chi connectivity index (χ1n) is 5.16. The Morgan fingerprint density at radius 3 is 2.58 bits per heavy atom. The Morgan fingerprint density at radius 2 is 1.83 bits per heavy atom. The van der Waals surface area contributed by atoms with Crippen LogP contribution in [0, 0.1) is 0 Å². The van der Waals surface area contributed by atoms with Gasteiger partial charge in [-0.1, -0.05) is 0 Å². The van der Waals surface area contributed by atoms with Gasteiger partial charge in [-0.25, -0.2) is 0 Å². The fourth-order valence-corrected chi connectivity index (χ4v) is 2.75. The van der Waals surface area contributed by atoms with Gasteiger partial charge in [0, 0.05) is 31.2 Å². The number of likely N-dealkylation sites (N-methyl/N-ethyl adjacent to an activating group) is 1. The van der Waals surface area contributed by atoms with Crippen LogP contribution in [0.15, 0.2) is 0 Å². The normalized spacial score (nSPS) is 44.8. The molecule has 2 fully saturated rings. The average molecular weight is 168 g/mol. The molecule has 0 amide bonds. The van der Waals surface area contributed by atoms with Crippen molar-refractivity contribution in [2.75, 3.05) is 20.1 Å². The molecule has 0 aromatic rings. The van der Waals surface area contributed by atoms with Crippen molar-refractivity contribution >= 4 is 0 Å². The maximum absolute atomic E-state index is 2.70. The minimum atomic E-state index is 0.767. The van der Waals surface area contributed by atoms with Crippen molar-refractivity contribution in [1.82, 2.24) is 9.80 Å². The number of fused-ring (bicyclic) bond motifs is 1. The van der Waals surface area contributed by atoms with Crippen molar-refractivity contribution in [2.24, 2.45) is 0 Å². The zero-order chi connectivity index (χ0) is 8.72. The molecule has 0 bridgehead atoms. The van der Waals surface area contributed by atoms with Crippen LogP contribution in [0.3, 0.4) is 0 Å². The zero-order valence-corrected chi connectivity index (χ0v) is 8.45. The molecule has 2 rings (SSSR count). The first kappa shape index (κ1) is 8.52. The van der Waals surface area contributed by atoms with Gasteiger partial charge in [0.1, 0.15) is 0 Å². The highest BCUT2D eigenvalue weighted by atomic mass is 15.3. The maximum atomic E-state index is 2.70. The van der Waals surface area contributed by atoms with E-state index in [-0.39, 0.29) is 0 Å². The van der Waals surface area contributed by atoms with Crippen LogP contribution in [0.2, 0.25) is 0 Å². The number of piperazine rings is 1. The highest BCUT2D eigenvalue weighted by molar-refractivity contribution is 4.95. The SMILES string of the molecule is CC1C2CCC(C)N2CCN1C. The standard InChI is InChI=1S/C10H20N2/c1-8-4-5-10-9(2)11(3)6-7-12(8)10/h8-10H,4-7H2,1-3H3. The van der Waals surface area contributed by atoms with Gasteiger partial charge in [-0.3, -0.25) is 4.90 Å². The lowest BCUT2D eigenvalue weighted by Crippen LogP contribution is -2.55. The van der Waals surface area contributed by atoms with Crippen LogP contribution >= 0.6 is 0 Å². The molecular formula is C10H20N2. The average Bonchev–Trinajstić information content (AvgIpc) is 2.41. The molecule has 3 unspecified atom stereocenters. The van der Waals surface area contributed by atoms with Gasteiger partial charge < -0.3 is 4.90 Å². The van der Waals surface area contributed by atoms with Crippen LogP contribution in [0.4, 0.5) is 0 Å². The Balaban J connectivity index is 2.09. The molecular weight excluding hydrogens is 148 g/mol. The van der Waals surface area contributed by atoms with E-state index in [1.54, 1.807) is 0 Å². The van der Waals surface area contributed by atoms with E-state index in [0.717, 1.165) is 18.1 Å². The third-order valence-corrected chi connectivity index (χ3v) is 3.84. The van der Waals surface area contributed by atoms with Gasteiger partial charge in [0.05, 0.1) is 0 Å². The van der Waals surface area contributed by atoms with Crippen LogP contribution in [-0.4, -0.2) is 48.1 Å². The molecule has 2 aliphatic rings. The summed E-state index contributed by atoms with van der Waals surface area (Å²) in [4.78, 5) is 5.20. The molecule has 0 radical (unpaired) electrons. The second-order valence-corrected chi connectivity index (χ2v) is 4.45. The Labute approximate surface area is 75.5 Å². The molecule has 3 atom stereocenters. The van der Waals surface area contributed by atoms with Crippen LogP contribution in [0.5, 0.6) is 0 Å². The molecule has 2 heterocycles. The Hall–Kier alpha value is -0.0800. The zero-order valence-electron chi connectivity index (χ0n) is 8.45. The van der Waals surface area contributed by atoms with Gasteiger partial charge >= 0.3 is 0 Å². The summed E-state index contributed by atoms with van der Waals surface area (Å²) in [7, 11) is 2.25. The number of nitrogens with zero attached hydrogens (tertiary/aromatic N) is 2. The van der Waals surface area contributed by atoms with E-state index < -0.39 is 0 Å². The summed E-state index contributed by atoms with van der Waals surface area (Å²) in [5.41, 5.74) is 0. The van der Waals surface area contributed by atoms with E-state index in [9.17, 15) is 0 Å². The fraction of sp³-hybridized carbons (Fsp3) is 1.00. The molecule has 2 saturated heterocycles. The van der Waals surface area contributed by atoms with Crippen LogP contribution in [-0.2, 0) is 0 Å². The molecule has 0 spiro atoms. The van der Waals surface area contributed by atoms with Gasteiger partial charge in [-0.15, -0.1) is 0 Å². The van der Waals surface area contributed by atoms with Crippen molar-refractivity contribution in [2.45, 2.75) is 44.8 Å². The van der Waals surface area contributed by atoms with Crippen molar-refractivity contribution in [3.8, 4) is 0 Å². The maximum Gasteiger partial charge on any atom is 0.0252 e. The van der Waals surface area contributed by atoms with Gasteiger partial charge in [0.15, 0.2) is 0 Å². The summed E-state index contributed by atoms with van der Waals surface area (Å²) in [6.07, 6.45) is 2.82. The molecule has 2 aliphatic heterocycles. The number of hydrogen-bond donors (Lipinski definition) is 0. The molecule has 0 saturated carbocycles. The molecule has 0 aromatic heterocycles. The summed E-state index contributed by atoms with van der Waals surface area (Å²) in [5.74, 6) is 0. The minimum absolute atomic E-state index is 0.767. The third kappa shape index (κ3) is 1.17. The lowest BCUT2D eigenvalue weighted by molar-refractivity contribution is 0.0530. The summed E-state index contributed by atoms with van der Waals surface area (Å²) in [5, 5.41) is 0. The number of hydrogen-bond acceptors (Lipinski definition) is 2. The van der Waals surface area contributed by atoms with E-state index in [4.69, 9.17) is 0 Å². The molecule has 0 aromatic carbocycles. The van der Waals surface area contributed by atoms with Gasteiger partial charge in [-0.05, 0) is 33.7 Å².